The number of ether oxygens (including phenoxy) is 2. The molecule has 1 unspecified atom stereocenters. The Morgan fingerprint density at radius 1 is 0.938 bits per heavy atom. The van der Waals surface area contributed by atoms with Crippen LogP contribution in [0.5, 0.6) is 11.5 Å². The van der Waals surface area contributed by atoms with Gasteiger partial charge in [0.1, 0.15) is 17.5 Å². The first kappa shape index (κ1) is 25.1. The molecule has 2 aromatic rings. The Hall–Kier alpha value is -3.20. The molecule has 0 aliphatic carbocycles. The van der Waals surface area contributed by atoms with Crippen LogP contribution in [0.25, 0.3) is 0 Å². The molecule has 2 rings (SSSR count). The summed E-state index contributed by atoms with van der Waals surface area (Å²) in [5, 5.41) is 5.55. The Labute approximate surface area is 192 Å². The minimum absolute atomic E-state index is 0.0629. The van der Waals surface area contributed by atoms with E-state index in [9.17, 15) is 14.4 Å². The van der Waals surface area contributed by atoms with Crippen molar-refractivity contribution < 1.29 is 23.9 Å². The predicted octanol–water partition coefficient (Wildman–Crippen LogP) is 2.41. The van der Waals surface area contributed by atoms with Crippen molar-refractivity contribution in [3.05, 3.63) is 54.6 Å². The summed E-state index contributed by atoms with van der Waals surface area (Å²) in [5.41, 5.74) is 0.560. The third-order valence-electron chi connectivity index (χ3n) is 4.36. The summed E-state index contributed by atoms with van der Waals surface area (Å²) >= 11 is 1.59. The van der Waals surface area contributed by atoms with Gasteiger partial charge >= 0.3 is 0 Å². The first-order chi connectivity index (χ1) is 15.4. The van der Waals surface area contributed by atoms with Gasteiger partial charge in [-0.1, -0.05) is 18.2 Å². The largest absolute Gasteiger partial charge is 0.484 e. The molecule has 0 aliphatic rings. The third kappa shape index (κ3) is 8.89. The van der Waals surface area contributed by atoms with Gasteiger partial charge in [-0.3, -0.25) is 14.4 Å². The lowest BCUT2D eigenvalue weighted by Crippen LogP contribution is -2.45. The van der Waals surface area contributed by atoms with Crippen LogP contribution in [-0.2, 0) is 14.4 Å². The van der Waals surface area contributed by atoms with Gasteiger partial charge in [0.05, 0.1) is 0 Å². The average molecular weight is 460 g/mol. The number of thioether (sulfide) groups is 1. The van der Waals surface area contributed by atoms with Crippen molar-refractivity contribution >= 4 is 35.2 Å². The molecule has 0 heterocycles. The number of para-hydroxylation sites is 1. The molecule has 9 heteroatoms. The molecule has 2 N–H and O–H groups in total. The maximum Gasteiger partial charge on any atom is 0.259 e. The zero-order valence-corrected chi connectivity index (χ0v) is 19.3. The molecule has 0 radical (unpaired) electrons. The standard InChI is InChI=1S/C23H29N3O5S/c1-26(2)22(28)16-31-19-11-9-17(10-12-19)24-23(29)20(13-14-32-3)25-21(27)15-30-18-7-5-4-6-8-18/h4-12,20H,13-16H2,1-3H3,(H,24,29)(H,25,27). The van der Waals surface area contributed by atoms with Crippen LogP contribution in [0.4, 0.5) is 5.69 Å². The molecule has 3 amide bonds. The number of hydrogen-bond acceptors (Lipinski definition) is 6. The Morgan fingerprint density at radius 3 is 2.19 bits per heavy atom. The summed E-state index contributed by atoms with van der Waals surface area (Å²) in [5.74, 6) is 0.981. The van der Waals surface area contributed by atoms with E-state index in [-0.39, 0.29) is 30.9 Å². The Kier molecular flexibility index (Phi) is 10.4. The van der Waals surface area contributed by atoms with Crippen molar-refractivity contribution in [3.63, 3.8) is 0 Å². The topological polar surface area (TPSA) is 97.0 Å². The maximum absolute atomic E-state index is 12.7. The number of carbonyl (C=O) groups is 3. The normalized spacial score (nSPS) is 11.2. The van der Waals surface area contributed by atoms with Crippen molar-refractivity contribution in [2.24, 2.45) is 0 Å². The van der Waals surface area contributed by atoms with Crippen molar-refractivity contribution in [3.8, 4) is 11.5 Å². The number of amides is 3. The van der Waals surface area contributed by atoms with E-state index in [1.165, 1.54) is 4.90 Å². The van der Waals surface area contributed by atoms with Crippen LogP contribution in [0.15, 0.2) is 54.6 Å². The number of carbonyl (C=O) groups excluding carboxylic acids is 3. The van der Waals surface area contributed by atoms with Crippen molar-refractivity contribution in [1.29, 1.82) is 0 Å². The molecule has 0 aromatic heterocycles. The van der Waals surface area contributed by atoms with Crippen LogP contribution in [0.1, 0.15) is 6.42 Å². The summed E-state index contributed by atoms with van der Waals surface area (Å²) in [6.45, 7) is -0.239. The van der Waals surface area contributed by atoms with Crippen LogP contribution < -0.4 is 20.1 Å². The molecule has 0 spiro atoms. The van der Waals surface area contributed by atoms with E-state index >= 15 is 0 Å². The maximum atomic E-state index is 12.7. The second-order valence-corrected chi connectivity index (χ2v) is 8.08. The number of nitrogens with one attached hydrogen (secondary N) is 2. The molecule has 8 nitrogen and oxygen atoms in total. The molecule has 0 fully saturated rings. The van der Waals surface area contributed by atoms with Crippen molar-refractivity contribution in [2.45, 2.75) is 12.5 Å². The van der Waals surface area contributed by atoms with Gasteiger partial charge in [-0.25, -0.2) is 0 Å². The lowest BCUT2D eigenvalue weighted by Gasteiger charge is -2.18. The second kappa shape index (κ2) is 13.3. The quantitative estimate of drug-likeness (QED) is 0.506. The third-order valence-corrected chi connectivity index (χ3v) is 5.00. The molecule has 0 aliphatic heterocycles. The van der Waals surface area contributed by atoms with Gasteiger partial charge in [0.15, 0.2) is 13.2 Å². The van der Waals surface area contributed by atoms with Gasteiger partial charge in [-0.15, -0.1) is 0 Å². The number of anilines is 1. The number of benzene rings is 2. The first-order valence-electron chi connectivity index (χ1n) is 10.1. The molecular weight excluding hydrogens is 430 g/mol. The highest BCUT2D eigenvalue weighted by Gasteiger charge is 2.21. The Bertz CT molecular complexity index is 875. The highest BCUT2D eigenvalue weighted by Crippen LogP contribution is 2.16. The Balaban J connectivity index is 1.89. The highest BCUT2D eigenvalue weighted by atomic mass is 32.2. The van der Waals surface area contributed by atoms with E-state index in [2.05, 4.69) is 10.6 Å². The SMILES string of the molecule is CSCCC(NC(=O)COc1ccccc1)C(=O)Nc1ccc(OCC(=O)N(C)C)cc1. The molecular formula is C23H29N3O5S. The van der Waals surface area contributed by atoms with E-state index in [4.69, 9.17) is 9.47 Å². The van der Waals surface area contributed by atoms with Crippen LogP contribution in [0, 0.1) is 0 Å². The summed E-state index contributed by atoms with van der Waals surface area (Å²) in [6.07, 6.45) is 2.42. The predicted molar refractivity (Wildman–Crippen MR) is 126 cm³/mol. The van der Waals surface area contributed by atoms with E-state index in [1.54, 1.807) is 62.3 Å². The van der Waals surface area contributed by atoms with Crippen LogP contribution in [-0.4, -0.2) is 68.0 Å². The van der Waals surface area contributed by atoms with E-state index in [1.807, 2.05) is 24.5 Å². The van der Waals surface area contributed by atoms with E-state index in [0.717, 1.165) is 0 Å². The van der Waals surface area contributed by atoms with E-state index in [0.29, 0.717) is 29.4 Å². The zero-order valence-electron chi connectivity index (χ0n) is 18.5. The minimum atomic E-state index is -0.692. The van der Waals surface area contributed by atoms with Gasteiger partial charge in [-0.2, -0.15) is 11.8 Å². The highest BCUT2D eigenvalue weighted by molar-refractivity contribution is 7.98. The van der Waals surface area contributed by atoms with Crippen LogP contribution in [0.3, 0.4) is 0 Å². The molecule has 172 valence electrons. The number of nitrogens with zero attached hydrogens (tertiary/aromatic N) is 1. The van der Waals surface area contributed by atoms with Crippen LogP contribution >= 0.6 is 11.8 Å². The lowest BCUT2D eigenvalue weighted by atomic mass is 10.2. The molecule has 32 heavy (non-hydrogen) atoms. The number of rotatable bonds is 12. The molecule has 0 bridgehead atoms. The van der Waals surface area contributed by atoms with Crippen LogP contribution in [0.2, 0.25) is 0 Å². The molecule has 0 saturated heterocycles. The van der Waals surface area contributed by atoms with Gasteiger partial charge < -0.3 is 25.0 Å². The summed E-state index contributed by atoms with van der Waals surface area (Å²) in [7, 11) is 3.31. The average Bonchev–Trinajstić information content (AvgIpc) is 2.80. The van der Waals surface area contributed by atoms with Gasteiger partial charge in [0.25, 0.3) is 11.8 Å². The van der Waals surface area contributed by atoms with Crippen molar-refractivity contribution in [1.82, 2.24) is 10.2 Å². The fourth-order valence-electron chi connectivity index (χ4n) is 2.54. The van der Waals surface area contributed by atoms with E-state index < -0.39 is 6.04 Å². The number of likely N-dealkylation sites (N-methyl/N-ethyl adjacent to an activating group) is 1. The van der Waals surface area contributed by atoms with Gasteiger partial charge in [-0.05, 0) is 54.8 Å². The zero-order chi connectivity index (χ0) is 23.3. The Morgan fingerprint density at radius 2 is 1.56 bits per heavy atom. The van der Waals surface area contributed by atoms with Gasteiger partial charge in [0, 0.05) is 19.8 Å². The minimum Gasteiger partial charge on any atom is -0.484 e. The summed E-state index contributed by atoms with van der Waals surface area (Å²) < 4.78 is 10.9. The fraction of sp³-hybridized carbons (Fsp3) is 0.348. The molecule has 2 aromatic carbocycles. The fourth-order valence-corrected chi connectivity index (χ4v) is 3.02. The molecule has 1 atom stereocenters. The first-order valence-corrected chi connectivity index (χ1v) is 11.5. The second-order valence-electron chi connectivity index (χ2n) is 7.09. The smallest absolute Gasteiger partial charge is 0.259 e. The van der Waals surface area contributed by atoms with Crippen molar-refractivity contribution in [2.75, 3.05) is 44.6 Å². The summed E-state index contributed by atoms with van der Waals surface area (Å²) in [4.78, 5) is 38.1. The summed E-state index contributed by atoms with van der Waals surface area (Å²) in [6, 6.07) is 15.0. The molecule has 0 saturated carbocycles. The number of hydrogen-bond donors (Lipinski definition) is 2. The monoisotopic (exact) mass is 459 g/mol. The lowest BCUT2D eigenvalue weighted by molar-refractivity contribution is -0.130. The van der Waals surface area contributed by atoms with Gasteiger partial charge in [0.2, 0.25) is 5.91 Å².